The van der Waals surface area contributed by atoms with Gasteiger partial charge in [-0.1, -0.05) is 27.5 Å². The SMILES string of the molecule is N#Cc1cc(Br)ccc1NC(=O)c1cc(F)c(Cl)cc1F. The van der Waals surface area contributed by atoms with E-state index in [4.69, 9.17) is 16.9 Å². The first kappa shape index (κ1) is 15.4. The first-order valence-electron chi connectivity index (χ1n) is 5.58. The molecule has 0 saturated heterocycles. The van der Waals surface area contributed by atoms with Crippen LogP contribution in [0.1, 0.15) is 15.9 Å². The Labute approximate surface area is 132 Å². The van der Waals surface area contributed by atoms with Crippen LogP contribution in [-0.4, -0.2) is 5.91 Å². The van der Waals surface area contributed by atoms with E-state index in [1.54, 1.807) is 6.07 Å². The minimum Gasteiger partial charge on any atom is -0.321 e. The van der Waals surface area contributed by atoms with Gasteiger partial charge >= 0.3 is 0 Å². The van der Waals surface area contributed by atoms with Crippen LogP contribution >= 0.6 is 27.5 Å². The Morgan fingerprint density at radius 1 is 1.24 bits per heavy atom. The molecule has 21 heavy (non-hydrogen) atoms. The van der Waals surface area contributed by atoms with Crippen molar-refractivity contribution < 1.29 is 13.6 Å². The van der Waals surface area contributed by atoms with E-state index in [1.165, 1.54) is 12.1 Å². The molecule has 0 aromatic heterocycles. The highest BCUT2D eigenvalue weighted by molar-refractivity contribution is 9.10. The van der Waals surface area contributed by atoms with Crippen LogP contribution in [0.3, 0.4) is 0 Å². The van der Waals surface area contributed by atoms with Gasteiger partial charge in [0.1, 0.15) is 17.7 Å². The van der Waals surface area contributed by atoms with Gasteiger partial charge in [0.15, 0.2) is 0 Å². The predicted octanol–water partition coefficient (Wildman–Crippen LogP) is 4.50. The Bertz CT molecular complexity index is 774. The number of nitrogens with zero attached hydrogens (tertiary/aromatic N) is 1. The molecule has 1 N–H and O–H groups in total. The van der Waals surface area contributed by atoms with Crippen molar-refractivity contribution in [2.45, 2.75) is 0 Å². The maximum absolute atomic E-state index is 13.6. The minimum absolute atomic E-state index is 0.188. The molecule has 7 heteroatoms. The zero-order chi connectivity index (χ0) is 15.6. The molecule has 2 aromatic rings. The average molecular weight is 372 g/mol. The van der Waals surface area contributed by atoms with E-state index in [1.807, 2.05) is 6.07 Å². The van der Waals surface area contributed by atoms with Gasteiger partial charge in [0.05, 0.1) is 21.8 Å². The largest absolute Gasteiger partial charge is 0.321 e. The summed E-state index contributed by atoms with van der Waals surface area (Å²) in [4.78, 5) is 12.0. The second-order valence-corrected chi connectivity index (χ2v) is 5.32. The van der Waals surface area contributed by atoms with Crippen molar-refractivity contribution in [1.82, 2.24) is 0 Å². The Morgan fingerprint density at radius 3 is 2.62 bits per heavy atom. The number of hydrogen-bond acceptors (Lipinski definition) is 2. The summed E-state index contributed by atoms with van der Waals surface area (Å²) >= 11 is 8.61. The highest BCUT2D eigenvalue weighted by Gasteiger charge is 2.16. The van der Waals surface area contributed by atoms with Crippen LogP contribution in [0.5, 0.6) is 0 Å². The molecule has 106 valence electrons. The van der Waals surface area contributed by atoms with Gasteiger partial charge in [-0.2, -0.15) is 5.26 Å². The average Bonchev–Trinajstić information content (AvgIpc) is 2.44. The van der Waals surface area contributed by atoms with Crippen molar-refractivity contribution in [3.05, 3.63) is 62.6 Å². The van der Waals surface area contributed by atoms with Crippen LogP contribution in [-0.2, 0) is 0 Å². The number of benzene rings is 2. The summed E-state index contributed by atoms with van der Waals surface area (Å²) in [7, 11) is 0. The van der Waals surface area contributed by atoms with Crippen LogP contribution < -0.4 is 5.32 Å². The van der Waals surface area contributed by atoms with Gasteiger partial charge in [0, 0.05) is 4.47 Å². The quantitative estimate of drug-likeness (QED) is 0.790. The minimum atomic E-state index is -0.950. The van der Waals surface area contributed by atoms with E-state index in [-0.39, 0.29) is 11.3 Å². The number of carbonyl (C=O) groups is 1. The molecule has 0 radical (unpaired) electrons. The molecule has 0 unspecified atom stereocenters. The smallest absolute Gasteiger partial charge is 0.258 e. The van der Waals surface area contributed by atoms with E-state index in [0.29, 0.717) is 10.5 Å². The second kappa shape index (κ2) is 6.20. The fourth-order valence-corrected chi connectivity index (χ4v) is 2.12. The number of rotatable bonds is 2. The first-order valence-corrected chi connectivity index (χ1v) is 6.75. The maximum Gasteiger partial charge on any atom is 0.258 e. The molecule has 0 fully saturated rings. The molecule has 2 aromatic carbocycles. The standard InChI is InChI=1S/C14H6BrClF2N2O/c15-8-1-2-13(7(3-8)6-19)20-14(21)9-4-12(18)10(16)5-11(9)17/h1-5H,(H,20,21). The molecular formula is C14H6BrClF2N2O. The van der Waals surface area contributed by atoms with Crippen molar-refractivity contribution in [1.29, 1.82) is 5.26 Å². The molecule has 0 saturated carbocycles. The number of hydrogen-bond donors (Lipinski definition) is 1. The summed E-state index contributed by atoms with van der Waals surface area (Å²) in [6.45, 7) is 0. The fraction of sp³-hybridized carbons (Fsp3) is 0. The summed E-state index contributed by atoms with van der Waals surface area (Å²) in [6, 6.07) is 7.90. The van der Waals surface area contributed by atoms with Crippen LogP contribution in [0.4, 0.5) is 14.5 Å². The van der Waals surface area contributed by atoms with Crippen LogP contribution in [0.15, 0.2) is 34.8 Å². The highest BCUT2D eigenvalue weighted by Crippen LogP contribution is 2.23. The molecular weight excluding hydrogens is 366 g/mol. The van der Waals surface area contributed by atoms with Gasteiger partial charge in [-0.05, 0) is 30.3 Å². The number of anilines is 1. The lowest BCUT2D eigenvalue weighted by molar-refractivity contribution is 0.102. The van der Waals surface area contributed by atoms with Gasteiger partial charge < -0.3 is 5.32 Å². The summed E-state index contributed by atoms with van der Waals surface area (Å²) in [5.74, 6) is -2.73. The first-order chi connectivity index (χ1) is 9.92. The summed E-state index contributed by atoms with van der Waals surface area (Å²) in [5.41, 5.74) is -0.114. The van der Waals surface area contributed by atoms with Crippen molar-refractivity contribution in [3.8, 4) is 6.07 Å². The predicted molar refractivity (Wildman–Crippen MR) is 78.2 cm³/mol. The third-order valence-electron chi connectivity index (χ3n) is 2.60. The van der Waals surface area contributed by atoms with Crippen molar-refractivity contribution in [2.24, 2.45) is 0 Å². The summed E-state index contributed by atoms with van der Waals surface area (Å²) < 4.78 is 27.6. The second-order valence-electron chi connectivity index (χ2n) is 4.00. The van der Waals surface area contributed by atoms with Crippen LogP contribution in [0, 0.1) is 23.0 Å². The molecule has 0 bridgehead atoms. The molecule has 0 aliphatic rings. The Balaban J connectivity index is 2.35. The van der Waals surface area contributed by atoms with Gasteiger partial charge in [0.2, 0.25) is 0 Å². The van der Waals surface area contributed by atoms with Gasteiger partial charge in [0.25, 0.3) is 5.91 Å². The molecule has 0 atom stereocenters. The fourth-order valence-electron chi connectivity index (χ4n) is 1.60. The van der Waals surface area contributed by atoms with Crippen molar-refractivity contribution in [2.75, 3.05) is 5.32 Å². The van der Waals surface area contributed by atoms with Crippen LogP contribution in [0.25, 0.3) is 0 Å². The highest BCUT2D eigenvalue weighted by atomic mass is 79.9. The van der Waals surface area contributed by atoms with Gasteiger partial charge in [-0.3, -0.25) is 4.79 Å². The normalized spacial score (nSPS) is 10.0. The van der Waals surface area contributed by atoms with Crippen molar-refractivity contribution in [3.63, 3.8) is 0 Å². The number of nitriles is 1. The third-order valence-corrected chi connectivity index (χ3v) is 3.39. The zero-order valence-electron chi connectivity index (χ0n) is 10.3. The van der Waals surface area contributed by atoms with Gasteiger partial charge in [-0.15, -0.1) is 0 Å². The van der Waals surface area contributed by atoms with E-state index >= 15 is 0 Å². The Kier molecular flexibility index (Phi) is 4.56. The number of halogens is 4. The lowest BCUT2D eigenvalue weighted by Gasteiger charge is -2.08. The lowest BCUT2D eigenvalue weighted by Crippen LogP contribution is -2.15. The molecule has 3 nitrogen and oxygen atoms in total. The molecule has 0 spiro atoms. The van der Waals surface area contributed by atoms with Crippen LogP contribution in [0.2, 0.25) is 5.02 Å². The molecule has 1 amide bonds. The number of amides is 1. The summed E-state index contributed by atoms with van der Waals surface area (Å²) in [5, 5.41) is 10.9. The van der Waals surface area contributed by atoms with E-state index in [2.05, 4.69) is 21.2 Å². The maximum atomic E-state index is 13.6. The Hall–Kier alpha value is -1.97. The number of nitrogens with one attached hydrogen (secondary N) is 1. The monoisotopic (exact) mass is 370 g/mol. The molecule has 0 aliphatic heterocycles. The zero-order valence-corrected chi connectivity index (χ0v) is 12.6. The van der Waals surface area contributed by atoms with Gasteiger partial charge in [-0.25, -0.2) is 8.78 Å². The van der Waals surface area contributed by atoms with E-state index < -0.39 is 28.1 Å². The van der Waals surface area contributed by atoms with E-state index in [0.717, 1.165) is 6.07 Å². The lowest BCUT2D eigenvalue weighted by atomic mass is 10.1. The molecule has 0 aliphatic carbocycles. The summed E-state index contributed by atoms with van der Waals surface area (Å²) in [6.07, 6.45) is 0. The Morgan fingerprint density at radius 2 is 1.95 bits per heavy atom. The number of carbonyl (C=O) groups excluding carboxylic acids is 1. The molecule has 0 heterocycles. The topological polar surface area (TPSA) is 52.9 Å². The molecule has 2 rings (SSSR count). The van der Waals surface area contributed by atoms with E-state index in [9.17, 15) is 13.6 Å². The van der Waals surface area contributed by atoms with Crippen molar-refractivity contribution >= 4 is 39.1 Å². The third kappa shape index (κ3) is 3.38.